The number of amides is 4. The molecule has 0 radical (unpaired) electrons. The molecule has 0 fully saturated rings. The number of methoxy groups -OCH3 is 1. The summed E-state index contributed by atoms with van der Waals surface area (Å²) in [5.41, 5.74) is 2.00. The molecule has 0 bridgehead atoms. The molecule has 1 aliphatic rings. The van der Waals surface area contributed by atoms with Crippen LogP contribution >= 0.6 is 0 Å². The maximum atomic E-state index is 13.9. The van der Waals surface area contributed by atoms with Crippen molar-refractivity contribution >= 4 is 23.6 Å². The van der Waals surface area contributed by atoms with Gasteiger partial charge < -0.3 is 29.9 Å². The summed E-state index contributed by atoms with van der Waals surface area (Å²) in [7, 11) is 4.91. The molecule has 0 spiro atoms. The molecule has 0 saturated heterocycles. The molecule has 4 rings (SSSR count). The molecular formula is C36H44N4O6. The zero-order chi connectivity index (χ0) is 32.9. The van der Waals surface area contributed by atoms with Gasteiger partial charge in [-0.3, -0.25) is 19.2 Å². The van der Waals surface area contributed by atoms with Crippen LogP contribution < -0.4 is 20.1 Å². The van der Waals surface area contributed by atoms with Crippen molar-refractivity contribution in [1.82, 2.24) is 20.4 Å². The van der Waals surface area contributed by atoms with Crippen molar-refractivity contribution in [2.24, 2.45) is 0 Å². The van der Waals surface area contributed by atoms with Crippen molar-refractivity contribution in [3.8, 4) is 11.5 Å². The monoisotopic (exact) mass is 628 g/mol. The van der Waals surface area contributed by atoms with E-state index >= 15 is 0 Å². The lowest BCUT2D eigenvalue weighted by atomic mass is 10.0. The van der Waals surface area contributed by atoms with Gasteiger partial charge in [0.15, 0.2) is 0 Å². The van der Waals surface area contributed by atoms with E-state index in [1.54, 1.807) is 62.5 Å². The summed E-state index contributed by atoms with van der Waals surface area (Å²) in [6, 6.07) is 21.6. The highest BCUT2D eigenvalue weighted by atomic mass is 16.5. The van der Waals surface area contributed by atoms with Crippen LogP contribution in [0.15, 0.2) is 78.9 Å². The quantitative estimate of drug-likeness (QED) is 0.427. The van der Waals surface area contributed by atoms with Gasteiger partial charge in [0.05, 0.1) is 25.7 Å². The number of ether oxygens (including phenoxy) is 2. The van der Waals surface area contributed by atoms with Crippen molar-refractivity contribution in [2.45, 2.75) is 57.2 Å². The number of carbonyl (C=O) groups is 4. The molecule has 0 aromatic heterocycles. The summed E-state index contributed by atoms with van der Waals surface area (Å²) in [6.45, 7) is 1.16. The summed E-state index contributed by atoms with van der Waals surface area (Å²) in [4.78, 5) is 57.9. The number of likely N-dealkylation sites (N-methyl/N-ethyl adjacent to an activating group) is 2. The van der Waals surface area contributed by atoms with Crippen LogP contribution in [-0.2, 0) is 27.3 Å². The summed E-state index contributed by atoms with van der Waals surface area (Å²) in [5.74, 6) is -0.586. The molecule has 0 saturated carbocycles. The Bertz CT molecular complexity index is 1460. The maximum Gasteiger partial charge on any atom is 0.255 e. The van der Waals surface area contributed by atoms with Gasteiger partial charge in [-0.1, -0.05) is 67.4 Å². The van der Waals surface area contributed by atoms with E-state index in [0.717, 1.165) is 36.8 Å². The van der Waals surface area contributed by atoms with Crippen molar-refractivity contribution in [2.75, 3.05) is 34.4 Å². The molecule has 244 valence electrons. The SMILES string of the molecule is COc1ccc(CNC(=O)[C@@H]2CC(=O)N(C)[C@@H](Cc3ccccc3)C(=O)N(C)CCCCCCOc3ccccc3C(=O)N2)cc1. The molecule has 2 N–H and O–H groups in total. The third-order valence-electron chi connectivity index (χ3n) is 8.20. The zero-order valence-electron chi connectivity index (χ0n) is 26.9. The largest absolute Gasteiger partial charge is 0.497 e. The maximum absolute atomic E-state index is 13.9. The Morgan fingerprint density at radius 2 is 1.59 bits per heavy atom. The summed E-state index contributed by atoms with van der Waals surface area (Å²) < 4.78 is 11.2. The molecule has 46 heavy (non-hydrogen) atoms. The number of carbonyl (C=O) groups excluding carboxylic acids is 4. The number of hydrogen-bond donors (Lipinski definition) is 2. The fourth-order valence-corrected chi connectivity index (χ4v) is 5.35. The molecule has 3 aromatic carbocycles. The fourth-order valence-electron chi connectivity index (χ4n) is 5.35. The van der Waals surface area contributed by atoms with Crippen LogP contribution in [0, 0.1) is 0 Å². The van der Waals surface area contributed by atoms with Crippen LogP contribution in [0.25, 0.3) is 0 Å². The Morgan fingerprint density at radius 1 is 0.891 bits per heavy atom. The van der Waals surface area contributed by atoms with E-state index in [0.29, 0.717) is 31.1 Å². The minimum Gasteiger partial charge on any atom is -0.497 e. The average molecular weight is 629 g/mol. The smallest absolute Gasteiger partial charge is 0.255 e. The lowest BCUT2D eigenvalue weighted by Gasteiger charge is -2.32. The summed E-state index contributed by atoms with van der Waals surface area (Å²) in [5, 5.41) is 5.62. The van der Waals surface area contributed by atoms with E-state index in [9.17, 15) is 19.2 Å². The van der Waals surface area contributed by atoms with Crippen LogP contribution in [0.5, 0.6) is 11.5 Å². The Kier molecular flexibility index (Phi) is 12.6. The second-order valence-corrected chi connectivity index (χ2v) is 11.5. The molecule has 10 nitrogen and oxygen atoms in total. The molecule has 2 atom stereocenters. The van der Waals surface area contributed by atoms with Crippen LogP contribution in [-0.4, -0.2) is 79.9 Å². The number of benzene rings is 3. The highest BCUT2D eigenvalue weighted by Gasteiger charge is 2.33. The number of nitrogens with zero attached hydrogens (tertiary/aromatic N) is 2. The average Bonchev–Trinajstić information content (AvgIpc) is 3.08. The minimum absolute atomic E-state index is 0.178. The molecule has 1 heterocycles. The molecule has 1 aliphatic heterocycles. The Labute approximate surface area is 271 Å². The second kappa shape index (κ2) is 17.0. The molecule has 4 amide bonds. The van der Waals surface area contributed by atoms with Crippen molar-refractivity contribution in [1.29, 1.82) is 0 Å². The number of hydrogen-bond acceptors (Lipinski definition) is 6. The van der Waals surface area contributed by atoms with E-state index in [1.807, 2.05) is 42.5 Å². The van der Waals surface area contributed by atoms with Gasteiger partial charge >= 0.3 is 0 Å². The van der Waals surface area contributed by atoms with E-state index in [4.69, 9.17) is 9.47 Å². The summed E-state index contributed by atoms with van der Waals surface area (Å²) in [6.07, 6.45) is 3.39. The predicted octanol–water partition coefficient (Wildman–Crippen LogP) is 3.98. The zero-order valence-corrected chi connectivity index (χ0v) is 26.9. The Balaban J connectivity index is 1.61. The van der Waals surface area contributed by atoms with Gasteiger partial charge in [0.2, 0.25) is 17.7 Å². The van der Waals surface area contributed by atoms with Gasteiger partial charge in [-0.15, -0.1) is 0 Å². The van der Waals surface area contributed by atoms with Gasteiger partial charge in [0, 0.05) is 33.6 Å². The lowest BCUT2D eigenvalue weighted by Crippen LogP contribution is -2.53. The first-order valence-electron chi connectivity index (χ1n) is 15.7. The van der Waals surface area contributed by atoms with E-state index < -0.39 is 29.8 Å². The predicted molar refractivity (Wildman–Crippen MR) is 175 cm³/mol. The normalized spacial score (nSPS) is 18.8. The third-order valence-corrected chi connectivity index (χ3v) is 8.20. The van der Waals surface area contributed by atoms with Crippen LogP contribution in [0.3, 0.4) is 0 Å². The van der Waals surface area contributed by atoms with E-state index in [-0.39, 0.29) is 24.4 Å². The molecule has 0 unspecified atom stereocenters. The molecule has 0 aliphatic carbocycles. The standard InChI is InChI=1S/C36H44N4O6/c1-39-21-11-4-5-12-22-46-32-16-10-9-15-29(32)34(42)38-30(35(43)37-25-27-17-19-28(45-3)20-18-27)24-33(41)40(2)31(36(39)44)23-26-13-7-6-8-14-26/h6-10,13-20,30-31H,4-5,11-12,21-25H2,1-3H3,(H,37,43)(H,38,42)/t30-,31-/m0/s1. The number of nitrogens with one attached hydrogen (secondary N) is 2. The summed E-state index contributed by atoms with van der Waals surface area (Å²) >= 11 is 0. The van der Waals surface area contributed by atoms with Crippen LogP contribution in [0.2, 0.25) is 0 Å². The highest BCUT2D eigenvalue weighted by molar-refractivity contribution is 6.01. The molecule has 3 aromatic rings. The van der Waals surface area contributed by atoms with Gasteiger partial charge in [-0.25, -0.2) is 0 Å². The number of para-hydroxylation sites is 1. The number of fused-ring (bicyclic) bond motifs is 1. The first-order chi connectivity index (χ1) is 22.3. The second-order valence-electron chi connectivity index (χ2n) is 11.5. The Morgan fingerprint density at radius 3 is 2.33 bits per heavy atom. The topological polar surface area (TPSA) is 117 Å². The van der Waals surface area contributed by atoms with Gasteiger partial charge in [0.1, 0.15) is 23.6 Å². The van der Waals surface area contributed by atoms with Gasteiger partial charge in [-0.2, -0.15) is 0 Å². The first-order valence-corrected chi connectivity index (χ1v) is 15.7. The Hall–Kier alpha value is -4.86. The van der Waals surface area contributed by atoms with Crippen LogP contribution in [0.1, 0.15) is 53.6 Å². The van der Waals surface area contributed by atoms with E-state index in [1.165, 1.54) is 4.90 Å². The minimum atomic E-state index is -1.21. The third kappa shape index (κ3) is 9.57. The lowest BCUT2D eigenvalue weighted by molar-refractivity contribution is -0.144. The van der Waals surface area contributed by atoms with Gasteiger partial charge in [-0.05, 0) is 48.2 Å². The van der Waals surface area contributed by atoms with Crippen molar-refractivity contribution in [3.63, 3.8) is 0 Å². The highest BCUT2D eigenvalue weighted by Crippen LogP contribution is 2.20. The van der Waals surface area contributed by atoms with E-state index in [2.05, 4.69) is 10.6 Å². The molecular weight excluding hydrogens is 584 g/mol. The van der Waals surface area contributed by atoms with Crippen molar-refractivity contribution in [3.05, 3.63) is 95.6 Å². The number of rotatable bonds is 6. The molecule has 10 heteroatoms. The van der Waals surface area contributed by atoms with Crippen molar-refractivity contribution < 1.29 is 28.7 Å². The van der Waals surface area contributed by atoms with Crippen LogP contribution in [0.4, 0.5) is 0 Å². The first kappa shape index (κ1) is 34.0. The fraction of sp³-hybridized carbons (Fsp3) is 0.389. The van der Waals surface area contributed by atoms with Gasteiger partial charge in [0.25, 0.3) is 5.91 Å².